The maximum Gasteiger partial charge on any atom is 0.205 e. The molecule has 2 aromatic heterocycles. The van der Waals surface area contributed by atoms with Gasteiger partial charge in [0, 0.05) is 23.2 Å². The molecule has 0 saturated carbocycles. The van der Waals surface area contributed by atoms with E-state index in [-0.39, 0.29) is 12.4 Å². The second-order valence-electron chi connectivity index (χ2n) is 6.76. The molecule has 0 aliphatic carbocycles. The molecule has 2 N–H and O–H groups in total. The predicted molar refractivity (Wildman–Crippen MR) is 120 cm³/mol. The number of nitrogen functional groups attached to an aromatic ring is 1. The summed E-state index contributed by atoms with van der Waals surface area (Å²) >= 11 is 7.79. The third-order valence-corrected chi connectivity index (χ3v) is 6.20. The number of aromatic nitrogens is 2. The maximum absolute atomic E-state index is 11.2. The number of nitrogens with two attached hydrogens (primary N) is 1. The van der Waals surface area contributed by atoms with E-state index in [1.165, 1.54) is 18.0 Å². The number of pyridine rings is 1. The molecular weight excluding hydrogens is 446 g/mol. The number of anilines is 1. The van der Waals surface area contributed by atoms with Crippen molar-refractivity contribution in [3.05, 3.63) is 53.1 Å². The Balaban J connectivity index is 1.60. The molecule has 0 saturated heterocycles. The van der Waals surface area contributed by atoms with Gasteiger partial charge in [0.1, 0.15) is 15.6 Å². The highest BCUT2D eigenvalue weighted by Crippen LogP contribution is 2.32. The molecule has 0 spiro atoms. The van der Waals surface area contributed by atoms with Crippen molar-refractivity contribution in [1.29, 1.82) is 0 Å². The largest absolute Gasteiger partial charge is 0.492 e. The Morgan fingerprint density at radius 1 is 1.27 bits per heavy atom. The minimum absolute atomic E-state index is 0.0756. The van der Waals surface area contributed by atoms with E-state index < -0.39 is 9.84 Å². The number of aryl methyl sites for hydroxylation is 1. The van der Waals surface area contributed by atoms with E-state index in [9.17, 15) is 8.42 Å². The predicted octanol–water partition coefficient (Wildman–Crippen LogP) is 4.39. The SMILES string of the molecule is Cc1cc(N)cc(SCc2ncc(-c3ccc(OCCCS(C)(=O)=O)c(Cl)c3)o2)n1. The highest BCUT2D eigenvalue weighted by atomic mass is 35.5. The molecular formula is C20H22ClN3O4S2. The van der Waals surface area contributed by atoms with Crippen LogP contribution in [0.25, 0.3) is 11.3 Å². The average Bonchev–Trinajstić information content (AvgIpc) is 3.12. The first kappa shape index (κ1) is 22.5. The van der Waals surface area contributed by atoms with Crippen LogP contribution in [0, 0.1) is 6.92 Å². The highest BCUT2D eigenvalue weighted by Gasteiger charge is 2.11. The fraction of sp³-hybridized carbons (Fsp3) is 0.300. The number of hydrogen-bond acceptors (Lipinski definition) is 8. The van der Waals surface area contributed by atoms with Crippen molar-refractivity contribution < 1.29 is 17.6 Å². The summed E-state index contributed by atoms with van der Waals surface area (Å²) in [7, 11) is -3.00. The molecule has 0 amide bonds. The summed E-state index contributed by atoms with van der Waals surface area (Å²) in [5.74, 6) is 2.24. The molecule has 0 radical (unpaired) electrons. The lowest BCUT2D eigenvalue weighted by Crippen LogP contribution is -2.08. The van der Waals surface area contributed by atoms with Crippen molar-refractivity contribution in [1.82, 2.24) is 9.97 Å². The molecule has 0 aliphatic heterocycles. The molecule has 2 heterocycles. The van der Waals surface area contributed by atoms with Gasteiger partial charge in [-0.25, -0.2) is 18.4 Å². The van der Waals surface area contributed by atoms with Gasteiger partial charge in [0.05, 0.1) is 34.4 Å². The number of ether oxygens (including phenoxy) is 1. The minimum Gasteiger partial charge on any atom is -0.492 e. The number of nitrogens with zero attached hydrogens (tertiary/aromatic N) is 2. The topological polar surface area (TPSA) is 108 Å². The van der Waals surface area contributed by atoms with Crippen molar-refractivity contribution >= 4 is 38.9 Å². The van der Waals surface area contributed by atoms with Crippen LogP contribution in [0.2, 0.25) is 5.02 Å². The summed E-state index contributed by atoms with van der Waals surface area (Å²) < 4.78 is 33.7. The third kappa shape index (κ3) is 6.65. The van der Waals surface area contributed by atoms with Crippen molar-refractivity contribution in [3.8, 4) is 17.1 Å². The van der Waals surface area contributed by atoms with Crippen LogP contribution in [0.4, 0.5) is 5.69 Å². The number of sulfone groups is 1. The lowest BCUT2D eigenvalue weighted by atomic mass is 10.2. The first-order valence-corrected chi connectivity index (χ1v) is 12.5. The number of oxazole rings is 1. The molecule has 0 atom stereocenters. The Kier molecular flexibility index (Phi) is 7.27. The Labute approximate surface area is 184 Å². The fourth-order valence-electron chi connectivity index (χ4n) is 2.66. The first-order valence-electron chi connectivity index (χ1n) is 9.12. The smallest absolute Gasteiger partial charge is 0.205 e. The van der Waals surface area contributed by atoms with Gasteiger partial charge < -0.3 is 14.9 Å². The summed E-state index contributed by atoms with van der Waals surface area (Å²) in [4.78, 5) is 8.74. The lowest BCUT2D eigenvalue weighted by molar-refractivity contribution is 0.318. The zero-order valence-electron chi connectivity index (χ0n) is 16.6. The summed E-state index contributed by atoms with van der Waals surface area (Å²) in [6, 6.07) is 8.91. The summed E-state index contributed by atoms with van der Waals surface area (Å²) in [5, 5.41) is 1.23. The van der Waals surface area contributed by atoms with Crippen LogP contribution < -0.4 is 10.5 Å². The second kappa shape index (κ2) is 9.72. The zero-order valence-corrected chi connectivity index (χ0v) is 19.0. The Morgan fingerprint density at radius 3 is 2.77 bits per heavy atom. The van der Waals surface area contributed by atoms with Gasteiger partial charge in [-0.05, 0) is 43.7 Å². The van der Waals surface area contributed by atoms with Gasteiger partial charge in [-0.15, -0.1) is 0 Å². The quantitative estimate of drug-likeness (QED) is 0.364. The van der Waals surface area contributed by atoms with Gasteiger partial charge in [-0.2, -0.15) is 0 Å². The summed E-state index contributed by atoms with van der Waals surface area (Å²) in [6.07, 6.45) is 3.25. The number of rotatable bonds is 9. The fourth-order valence-corrected chi connectivity index (χ4v) is 4.37. The zero-order chi connectivity index (χ0) is 21.7. The standard InChI is InChI=1S/C20H22ClN3O4S2/c1-13-8-15(22)10-20(24-13)29-12-19-23-11-18(28-19)14-4-5-17(16(21)9-14)27-6-3-7-30(2,25)26/h4-5,8-11H,3,6-7,12H2,1-2H3,(H2,22,24). The van der Waals surface area contributed by atoms with Gasteiger partial charge in [0.2, 0.25) is 5.89 Å². The Bertz CT molecular complexity index is 1110. The van der Waals surface area contributed by atoms with Crippen LogP contribution in [0.1, 0.15) is 18.0 Å². The summed E-state index contributed by atoms with van der Waals surface area (Å²) in [5.41, 5.74) is 8.15. The van der Waals surface area contributed by atoms with E-state index in [1.54, 1.807) is 18.3 Å². The van der Waals surface area contributed by atoms with Crippen LogP contribution in [0.15, 0.2) is 46.0 Å². The minimum atomic E-state index is -3.00. The van der Waals surface area contributed by atoms with Crippen LogP contribution in [-0.2, 0) is 15.6 Å². The number of thioether (sulfide) groups is 1. The molecule has 30 heavy (non-hydrogen) atoms. The Morgan fingerprint density at radius 2 is 2.07 bits per heavy atom. The third-order valence-electron chi connectivity index (χ3n) is 3.98. The van der Waals surface area contributed by atoms with E-state index in [1.807, 2.05) is 25.1 Å². The molecule has 3 aromatic rings. The van der Waals surface area contributed by atoms with Gasteiger partial charge >= 0.3 is 0 Å². The highest BCUT2D eigenvalue weighted by molar-refractivity contribution is 7.98. The normalized spacial score (nSPS) is 11.6. The van der Waals surface area contributed by atoms with E-state index in [0.717, 1.165) is 16.3 Å². The van der Waals surface area contributed by atoms with Crippen LogP contribution in [0.5, 0.6) is 5.75 Å². The van der Waals surface area contributed by atoms with E-state index >= 15 is 0 Å². The molecule has 3 rings (SSSR count). The van der Waals surface area contributed by atoms with Gasteiger partial charge in [0.15, 0.2) is 5.76 Å². The molecule has 7 nitrogen and oxygen atoms in total. The second-order valence-corrected chi connectivity index (χ2v) is 10.4. The van der Waals surface area contributed by atoms with Crippen LogP contribution in [0.3, 0.4) is 0 Å². The van der Waals surface area contributed by atoms with Gasteiger partial charge in [-0.3, -0.25) is 0 Å². The number of hydrogen-bond donors (Lipinski definition) is 1. The molecule has 0 bridgehead atoms. The van der Waals surface area contributed by atoms with Crippen LogP contribution >= 0.6 is 23.4 Å². The maximum atomic E-state index is 11.2. The van der Waals surface area contributed by atoms with Crippen molar-refractivity contribution in [2.24, 2.45) is 0 Å². The van der Waals surface area contributed by atoms with Gasteiger partial charge in [0.25, 0.3) is 0 Å². The van der Waals surface area contributed by atoms with Crippen molar-refractivity contribution in [3.63, 3.8) is 0 Å². The molecule has 0 unspecified atom stereocenters. The van der Waals surface area contributed by atoms with E-state index in [2.05, 4.69) is 9.97 Å². The first-order chi connectivity index (χ1) is 14.2. The van der Waals surface area contributed by atoms with Crippen molar-refractivity contribution in [2.45, 2.75) is 24.1 Å². The monoisotopic (exact) mass is 467 g/mol. The summed E-state index contributed by atoms with van der Waals surface area (Å²) in [6.45, 7) is 2.17. The molecule has 0 fully saturated rings. The molecule has 1 aromatic carbocycles. The van der Waals surface area contributed by atoms with Crippen LogP contribution in [-0.4, -0.2) is 37.0 Å². The van der Waals surface area contributed by atoms with E-state index in [0.29, 0.717) is 40.3 Å². The molecule has 160 valence electrons. The van der Waals surface area contributed by atoms with E-state index in [4.69, 9.17) is 26.5 Å². The number of benzene rings is 1. The Hall–Kier alpha value is -2.23. The van der Waals surface area contributed by atoms with Gasteiger partial charge in [-0.1, -0.05) is 23.4 Å². The lowest BCUT2D eigenvalue weighted by Gasteiger charge is -2.08. The number of halogens is 1. The molecule has 0 aliphatic rings. The molecule has 10 heteroatoms. The van der Waals surface area contributed by atoms with Crippen molar-refractivity contribution in [2.75, 3.05) is 24.3 Å². The average molecular weight is 468 g/mol.